The first-order chi connectivity index (χ1) is 10.5. The van der Waals surface area contributed by atoms with E-state index in [9.17, 15) is 0 Å². The number of hydrogen-bond donors (Lipinski definition) is 1. The van der Waals surface area contributed by atoms with Gasteiger partial charge in [-0.25, -0.2) is 0 Å². The second kappa shape index (κ2) is 7.75. The van der Waals surface area contributed by atoms with Gasteiger partial charge in [0.25, 0.3) is 0 Å². The van der Waals surface area contributed by atoms with Crippen molar-refractivity contribution < 1.29 is 9.47 Å². The molecule has 5 heteroatoms. The molecule has 22 heavy (non-hydrogen) atoms. The highest BCUT2D eigenvalue weighted by Crippen LogP contribution is 2.34. The zero-order valence-electron chi connectivity index (χ0n) is 12.9. The zero-order valence-corrected chi connectivity index (χ0v) is 15.2. The molecule has 0 bridgehead atoms. The van der Waals surface area contributed by atoms with E-state index in [4.69, 9.17) is 21.1 Å². The van der Waals surface area contributed by atoms with Crippen LogP contribution in [0.1, 0.15) is 18.1 Å². The second-order valence-electron chi connectivity index (χ2n) is 4.85. The monoisotopic (exact) mass is 383 g/mol. The molecule has 0 heterocycles. The van der Waals surface area contributed by atoms with Gasteiger partial charge in [0.2, 0.25) is 0 Å². The normalized spacial score (nSPS) is 10.4. The number of ether oxygens (including phenoxy) is 2. The van der Waals surface area contributed by atoms with Crippen LogP contribution in [0.2, 0.25) is 5.02 Å². The number of aryl methyl sites for hydroxylation is 1. The number of hydrogen-bond acceptors (Lipinski definition) is 3. The van der Waals surface area contributed by atoms with Gasteiger partial charge in [-0.05, 0) is 49.2 Å². The maximum absolute atomic E-state index is 6.14. The molecule has 0 aliphatic heterocycles. The van der Waals surface area contributed by atoms with E-state index < -0.39 is 0 Å². The van der Waals surface area contributed by atoms with Gasteiger partial charge in [0.1, 0.15) is 0 Å². The summed E-state index contributed by atoms with van der Waals surface area (Å²) in [5.41, 5.74) is 3.13. The van der Waals surface area contributed by atoms with Crippen molar-refractivity contribution in [3.63, 3.8) is 0 Å². The summed E-state index contributed by atoms with van der Waals surface area (Å²) >= 11 is 9.72. The molecule has 2 rings (SSSR count). The molecule has 0 amide bonds. The zero-order chi connectivity index (χ0) is 16.1. The van der Waals surface area contributed by atoms with Crippen molar-refractivity contribution in [3.8, 4) is 11.5 Å². The minimum Gasteiger partial charge on any atom is -0.493 e. The van der Waals surface area contributed by atoms with Crippen LogP contribution in [0.4, 0.5) is 5.69 Å². The van der Waals surface area contributed by atoms with Crippen molar-refractivity contribution in [2.45, 2.75) is 20.4 Å². The Morgan fingerprint density at radius 2 is 1.95 bits per heavy atom. The third kappa shape index (κ3) is 4.08. The van der Waals surface area contributed by atoms with E-state index in [1.165, 1.54) is 0 Å². The van der Waals surface area contributed by atoms with Gasteiger partial charge in [-0.2, -0.15) is 0 Å². The highest BCUT2D eigenvalue weighted by Gasteiger charge is 2.10. The molecule has 0 saturated carbocycles. The Bertz CT molecular complexity index is 661. The summed E-state index contributed by atoms with van der Waals surface area (Å²) in [6.07, 6.45) is 0. The van der Waals surface area contributed by atoms with Crippen LogP contribution in [0.25, 0.3) is 0 Å². The van der Waals surface area contributed by atoms with Crippen molar-refractivity contribution in [1.82, 2.24) is 0 Å². The van der Waals surface area contributed by atoms with Crippen LogP contribution >= 0.6 is 27.5 Å². The van der Waals surface area contributed by atoms with Crippen LogP contribution in [0.3, 0.4) is 0 Å². The minimum atomic E-state index is 0.599. The van der Waals surface area contributed by atoms with Crippen LogP contribution in [-0.2, 0) is 6.54 Å². The largest absolute Gasteiger partial charge is 0.493 e. The Kier molecular flexibility index (Phi) is 5.98. The molecule has 118 valence electrons. The smallest absolute Gasteiger partial charge is 0.162 e. The lowest BCUT2D eigenvalue weighted by molar-refractivity contribution is 0.310. The van der Waals surface area contributed by atoms with Crippen molar-refractivity contribution in [3.05, 3.63) is 51.0 Å². The first-order valence-electron chi connectivity index (χ1n) is 7.04. The SMILES string of the molecule is CCOc1cc(Br)c(CNc2ccc(C)c(Cl)c2)cc1OC. The molecule has 0 unspecified atom stereocenters. The van der Waals surface area contributed by atoms with Crippen molar-refractivity contribution in [2.24, 2.45) is 0 Å². The third-order valence-electron chi connectivity index (χ3n) is 3.29. The molecule has 0 aromatic heterocycles. The second-order valence-corrected chi connectivity index (χ2v) is 6.11. The molecule has 0 saturated heterocycles. The van der Waals surface area contributed by atoms with Crippen molar-refractivity contribution in [1.29, 1.82) is 0 Å². The molecule has 0 atom stereocenters. The van der Waals surface area contributed by atoms with Crippen LogP contribution < -0.4 is 14.8 Å². The Morgan fingerprint density at radius 1 is 1.18 bits per heavy atom. The molecular weight excluding hydrogens is 366 g/mol. The van der Waals surface area contributed by atoms with E-state index in [0.717, 1.165) is 37.8 Å². The average molecular weight is 385 g/mol. The fourth-order valence-corrected chi connectivity index (χ4v) is 2.68. The van der Waals surface area contributed by atoms with Crippen molar-refractivity contribution >= 4 is 33.2 Å². The molecular formula is C17H19BrClNO2. The molecule has 0 fully saturated rings. The maximum Gasteiger partial charge on any atom is 0.162 e. The van der Waals surface area contributed by atoms with Crippen molar-refractivity contribution in [2.75, 3.05) is 19.0 Å². The molecule has 2 aromatic carbocycles. The Morgan fingerprint density at radius 3 is 2.59 bits per heavy atom. The van der Waals surface area contributed by atoms with E-state index in [2.05, 4.69) is 21.2 Å². The first kappa shape index (κ1) is 17.0. The summed E-state index contributed by atoms with van der Waals surface area (Å²) in [6, 6.07) is 9.84. The summed E-state index contributed by atoms with van der Waals surface area (Å²) in [5.74, 6) is 1.46. The number of halogens is 2. The van der Waals surface area contributed by atoms with Gasteiger partial charge >= 0.3 is 0 Å². The fourth-order valence-electron chi connectivity index (χ4n) is 2.04. The van der Waals surface area contributed by atoms with E-state index in [0.29, 0.717) is 13.2 Å². The van der Waals surface area contributed by atoms with Crippen LogP contribution in [0, 0.1) is 6.92 Å². The molecule has 0 spiro atoms. The predicted octanol–water partition coefficient (Wildman–Crippen LogP) is 5.43. The van der Waals surface area contributed by atoms with E-state index in [1.54, 1.807) is 7.11 Å². The highest BCUT2D eigenvalue weighted by atomic mass is 79.9. The Balaban J connectivity index is 2.16. The van der Waals surface area contributed by atoms with E-state index >= 15 is 0 Å². The summed E-state index contributed by atoms with van der Waals surface area (Å²) in [5, 5.41) is 4.12. The van der Waals surface area contributed by atoms with E-state index in [-0.39, 0.29) is 0 Å². The average Bonchev–Trinajstić information content (AvgIpc) is 2.50. The summed E-state index contributed by atoms with van der Waals surface area (Å²) < 4.78 is 11.9. The van der Waals surface area contributed by atoms with Gasteiger partial charge in [-0.15, -0.1) is 0 Å². The lowest BCUT2D eigenvalue weighted by atomic mass is 10.2. The molecule has 0 aliphatic rings. The standard InChI is InChI=1S/C17H19BrClNO2/c1-4-22-17-9-14(18)12(7-16(17)21-3)10-20-13-6-5-11(2)15(19)8-13/h5-9,20H,4,10H2,1-3H3. The molecule has 0 radical (unpaired) electrons. The number of methoxy groups -OCH3 is 1. The topological polar surface area (TPSA) is 30.5 Å². The molecule has 2 aromatic rings. The third-order valence-corrected chi connectivity index (χ3v) is 4.43. The van der Waals surface area contributed by atoms with E-state index in [1.807, 2.05) is 44.2 Å². The number of nitrogens with one attached hydrogen (secondary N) is 1. The predicted molar refractivity (Wildman–Crippen MR) is 95.4 cm³/mol. The number of anilines is 1. The maximum atomic E-state index is 6.14. The molecule has 0 aliphatic carbocycles. The first-order valence-corrected chi connectivity index (χ1v) is 8.21. The van der Waals surface area contributed by atoms with Gasteiger partial charge < -0.3 is 14.8 Å². The van der Waals surface area contributed by atoms with Crippen LogP contribution in [0.5, 0.6) is 11.5 Å². The fraction of sp³-hybridized carbons (Fsp3) is 0.294. The Hall–Kier alpha value is -1.39. The molecule has 1 N–H and O–H groups in total. The van der Waals surface area contributed by atoms with Crippen LogP contribution in [-0.4, -0.2) is 13.7 Å². The lowest BCUT2D eigenvalue weighted by Crippen LogP contribution is -2.02. The number of benzene rings is 2. The summed E-state index contributed by atoms with van der Waals surface area (Å²) in [4.78, 5) is 0. The van der Waals surface area contributed by atoms with Crippen LogP contribution in [0.15, 0.2) is 34.8 Å². The number of rotatable bonds is 6. The summed E-state index contributed by atoms with van der Waals surface area (Å²) in [7, 11) is 1.64. The minimum absolute atomic E-state index is 0.599. The van der Waals surface area contributed by atoms with Gasteiger partial charge in [0.05, 0.1) is 13.7 Å². The van der Waals surface area contributed by atoms with Gasteiger partial charge in [-0.3, -0.25) is 0 Å². The lowest BCUT2D eigenvalue weighted by Gasteiger charge is -2.14. The van der Waals surface area contributed by atoms with Gasteiger partial charge in [0.15, 0.2) is 11.5 Å². The Labute approximate surface area is 144 Å². The van der Waals surface area contributed by atoms with Gasteiger partial charge in [-0.1, -0.05) is 33.6 Å². The summed E-state index contributed by atoms with van der Waals surface area (Å²) in [6.45, 7) is 5.19. The quantitative estimate of drug-likeness (QED) is 0.720. The highest BCUT2D eigenvalue weighted by molar-refractivity contribution is 9.10. The van der Waals surface area contributed by atoms with Gasteiger partial charge in [0, 0.05) is 21.7 Å². The molecule has 3 nitrogen and oxygen atoms in total.